The minimum Gasteiger partial charge on any atom is -0.481 e. The number of carboxylic acids is 1. The van der Waals surface area contributed by atoms with Gasteiger partial charge in [-0.05, 0) is 5.56 Å². The molecular weight excluding hydrogens is 194 g/mol. The molecule has 0 aromatic heterocycles. The van der Waals surface area contributed by atoms with Crippen molar-refractivity contribution in [3.63, 3.8) is 0 Å². The first kappa shape index (κ1) is 10.1. The van der Waals surface area contributed by atoms with Crippen LogP contribution < -0.4 is 16.6 Å². The molecule has 3 atom stereocenters. The fourth-order valence-electron chi connectivity index (χ4n) is 1.82. The molecule has 0 aliphatic carbocycles. The molecule has 1 heterocycles. The fourth-order valence-corrected chi connectivity index (χ4v) is 1.82. The standard InChI is InChI=1S/C10H13N3O2/c11-9-7(10(14)15)8(12-13-9)6-4-2-1-3-5-6/h1-5,7-9,12-13H,11H2,(H,14,15). The lowest BCUT2D eigenvalue weighted by Gasteiger charge is -2.16. The van der Waals surface area contributed by atoms with Gasteiger partial charge < -0.3 is 10.8 Å². The lowest BCUT2D eigenvalue weighted by Crippen LogP contribution is -2.41. The maximum absolute atomic E-state index is 11.0. The van der Waals surface area contributed by atoms with Crippen molar-refractivity contribution in [1.82, 2.24) is 10.9 Å². The van der Waals surface area contributed by atoms with Crippen molar-refractivity contribution in [3.05, 3.63) is 35.9 Å². The van der Waals surface area contributed by atoms with Gasteiger partial charge in [0.1, 0.15) is 5.92 Å². The van der Waals surface area contributed by atoms with Crippen molar-refractivity contribution in [2.24, 2.45) is 11.7 Å². The zero-order valence-corrected chi connectivity index (χ0v) is 8.05. The summed E-state index contributed by atoms with van der Waals surface area (Å²) >= 11 is 0. The van der Waals surface area contributed by atoms with Crippen LogP contribution in [0.25, 0.3) is 0 Å². The van der Waals surface area contributed by atoms with Gasteiger partial charge in [-0.2, -0.15) is 0 Å². The number of nitrogens with two attached hydrogens (primary N) is 1. The van der Waals surface area contributed by atoms with E-state index in [9.17, 15) is 4.79 Å². The van der Waals surface area contributed by atoms with Gasteiger partial charge in [0.15, 0.2) is 0 Å². The fraction of sp³-hybridized carbons (Fsp3) is 0.300. The molecule has 80 valence electrons. The minimum atomic E-state index is -0.895. The first-order chi connectivity index (χ1) is 7.20. The average molecular weight is 207 g/mol. The number of carbonyl (C=O) groups is 1. The van der Waals surface area contributed by atoms with Crippen LogP contribution in [0.5, 0.6) is 0 Å². The molecule has 0 spiro atoms. The van der Waals surface area contributed by atoms with E-state index >= 15 is 0 Å². The Morgan fingerprint density at radius 3 is 2.53 bits per heavy atom. The summed E-state index contributed by atoms with van der Waals surface area (Å²) < 4.78 is 0. The number of carboxylic acid groups (broad SMARTS) is 1. The van der Waals surface area contributed by atoms with Crippen LogP contribution in [-0.2, 0) is 4.79 Å². The lowest BCUT2D eigenvalue weighted by molar-refractivity contribution is -0.142. The monoisotopic (exact) mass is 207 g/mol. The Hall–Kier alpha value is -1.43. The summed E-state index contributed by atoms with van der Waals surface area (Å²) in [5.41, 5.74) is 12.2. The molecule has 15 heavy (non-hydrogen) atoms. The molecule has 0 radical (unpaired) electrons. The molecule has 0 bridgehead atoms. The number of benzene rings is 1. The molecule has 3 unspecified atom stereocenters. The van der Waals surface area contributed by atoms with E-state index in [0.29, 0.717) is 0 Å². The van der Waals surface area contributed by atoms with E-state index in [0.717, 1.165) is 5.56 Å². The van der Waals surface area contributed by atoms with E-state index in [2.05, 4.69) is 10.9 Å². The number of aliphatic carboxylic acids is 1. The number of hydrazine groups is 1. The van der Waals surface area contributed by atoms with Crippen LogP contribution in [-0.4, -0.2) is 17.2 Å². The van der Waals surface area contributed by atoms with Crippen LogP contribution in [0.4, 0.5) is 0 Å². The molecule has 5 N–H and O–H groups in total. The van der Waals surface area contributed by atoms with Gasteiger partial charge in [0, 0.05) is 0 Å². The zero-order valence-electron chi connectivity index (χ0n) is 8.05. The van der Waals surface area contributed by atoms with Gasteiger partial charge in [-0.1, -0.05) is 30.3 Å². The van der Waals surface area contributed by atoms with Gasteiger partial charge in [-0.3, -0.25) is 4.79 Å². The van der Waals surface area contributed by atoms with Crippen LogP contribution in [0, 0.1) is 5.92 Å². The Balaban J connectivity index is 2.26. The molecule has 5 nitrogen and oxygen atoms in total. The first-order valence-electron chi connectivity index (χ1n) is 4.74. The molecule has 1 aliphatic heterocycles. The van der Waals surface area contributed by atoms with Crippen molar-refractivity contribution in [2.75, 3.05) is 0 Å². The number of nitrogens with one attached hydrogen (secondary N) is 2. The Labute approximate surface area is 87.3 Å². The lowest BCUT2D eigenvalue weighted by atomic mass is 9.93. The van der Waals surface area contributed by atoms with Gasteiger partial charge >= 0.3 is 5.97 Å². The van der Waals surface area contributed by atoms with Crippen molar-refractivity contribution in [1.29, 1.82) is 0 Å². The summed E-state index contributed by atoms with van der Waals surface area (Å²) in [6.45, 7) is 0. The van der Waals surface area contributed by atoms with Crippen molar-refractivity contribution >= 4 is 5.97 Å². The topological polar surface area (TPSA) is 87.4 Å². The van der Waals surface area contributed by atoms with Crippen molar-refractivity contribution in [3.8, 4) is 0 Å². The third kappa shape index (κ3) is 1.85. The Kier molecular flexibility index (Phi) is 2.68. The third-order valence-electron chi connectivity index (χ3n) is 2.60. The van der Waals surface area contributed by atoms with Crippen LogP contribution in [0.2, 0.25) is 0 Å². The van der Waals surface area contributed by atoms with Gasteiger partial charge in [0.2, 0.25) is 0 Å². The average Bonchev–Trinajstić information content (AvgIpc) is 2.61. The van der Waals surface area contributed by atoms with Crippen molar-refractivity contribution in [2.45, 2.75) is 12.2 Å². The summed E-state index contributed by atoms with van der Waals surface area (Å²) in [6.07, 6.45) is -0.562. The summed E-state index contributed by atoms with van der Waals surface area (Å²) in [4.78, 5) is 11.0. The quantitative estimate of drug-likeness (QED) is 0.540. The van der Waals surface area contributed by atoms with Gasteiger partial charge in [-0.15, -0.1) is 0 Å². The molecule has 1 aliphatic rings. The molecule has 2 rings (SSSR count). The highest BCUT2D eigenvalue weighted by atomic mass is 16.4. The third-order valence-corrected chi connectivity index (χ3v) is 2.60. The smallest absolute Gasteiger partial charge is 0.311 e. The van der Waals surface area contributed by atoms with E-state index in [4.69, 9.17) is 10.8 Å². The number of rotatable bonds is 2. The molecule has 1 aromatic rings. The summed E-state index contributed by atoms with van der Waals surface area (Å²) in [7, 11) is 0. The maximum atomic E-state index is 11.0. The molecule has 5 heteroatoms. The zero-order chi connectivity index (χ0) is 10.8. The SMILES string of the molecule is NC1NNC(c2ccccc2)C1C(=O)O. The normalized spacial score (nSPS) is 30.3. The number of hydrogen-bond acceptors (Lipinski definition) is 4. The molecule has 1 fully saturated rings. The van der Waals surface area contributed by atoms with Gasteiger partial charge in [0.25, 0.3) is 0 Å². The van der Waals surface area contributed by atoms with Crippen LogP contribution in [0.15, 0.2) is 30.3 Å². The largest absolute Gasteiger partial charge is 0.481 e. The van der Waals surface area contributed by atoms with E-state index < -0.39 is 18.1 Å². The van der Waals surface area contributed by atoms with E-state index in [1.807, 2.05) is 30.3 Å². The predicted molar refractivity (Wildman–Crippen MR) is 54.6 cm³/mol. The van der Waals surface area contributed by atoms with Gasteiger partial charge in [-0.25, -0.2) is 10.9 Å². The highest BCUT2D eigenvalue weighted by molar-refractivity contribution is 5.72. The van der Waals surface area contributed by atoms with E-state index in [1.165, 1.54) is 0 Å². The Morgan fingerprint density at radius 2 is 1.93 bits per heavy atom. The maximum Gasteiger partial charge on any atom is 0.311 e. The summed E-state index contributed by atoms with van der Waals surface area (Å²) in [6, 6.07) is 9.13. The van der Waals surface area contributed by atoms with Crippen molar-refractivity contribution < 1.29 is 9.90 Å². The second kappa shape index (κ2) is 3.98. The molecule has 1 aromatic carbocycles. The first-order valence-corrected chi connectivity index (χ1v) is 4.74. The second-order valence-corrected chi connectivity index (χ2v) is 3.57. The van der Waals surface area contributed by atoms with Crippen LogP contribution >= 0.6 is 0 Å². The van der Waals surface area contributed by atoms with E-state index in [-0.39, 0.29) is 6.04 Å². The highest BCUT2D eigenvalue weighted by Crippen LogP contribution is 2.26. The summed E-state index contributed by atoms with van der Waals surface area (Å²) in [5, 5.41) is 9.06. The summed E-state index contributed by atoms with van der Waals surface area (Å²) in [5.74, 6) is -1.54. The van der Waals surface area contributed by atoms with Crippen LogP contribution in [0.3, 0.4) is 0 Å². The Morgan fingerprint density at radius 1 is 1.27 bits per heavy atom. The molecule has 1 saturated heterocycles. The highest BCUT2D eigenvalue weighted by Gasteiger charge is 2.39. The molecule has 0 amide bonds. The van der Waals surface area contributed by atoms with Gasteiger partial charge in [0.05, 0.1) is 12.2 Å². The number of hydrogen-bond donors (Lipinski definition) is 4. The minimum absolute atomic E-state index is 0.279. The van der Waals surface area contributed by atoms with E-state index in [1.54, 1.807) is 0 Å². The molecular formula is C10H13N3O2. The van der Waals surface area contributed by atoms with Crippen LogP contribution in [0.1, 0.15) is 11.6 Å². The Bertz CT molecular complexity index is 355. The second-order valence-electron chi connectivity index (χ2n) is 3.57. The predicted octanol–water partition coefficient (Wildman–Crippen LogP) is -0.179. The molecule has 0 saturated carbocycles.